The number of aliphatic hydroxyl groups is 2. The number of fused-ring (bicyclic) bond motifs is 3. The van der Waals surface area contributed by atoms with Gasteiger partial charge in [0.1, 0.15) is 35.5 Å². The number of aryl methyl sites for hydroxylation is 1. The first-order chi connectivity index (χ1) is 15.8. The summed E-state index contributed by atoms with van der Waals surface area (Å²) in [6.45, 7) is 0. The van der Waals surface area contributed by atoms with Gasteiger partial charge in [0.2, 0.25) is 0 Å². The van der Waals surface area contributed by atoms with E-state index < -0.39 is 23.4 Å². The van der Waals surface area contributed by atoms with Crippen molar-refractivity contribution in [2.45, 2.75) is 37.5 Å². The minimum absolute atomic E-state index is 0.0761. The molecule has 6 rings (SSSR count). The quantitative estimate of drug-likeness (QED) is 0.361. The first kappa shape index (κ1) is 20.6. The molecule has 1 aromatic carbocycles. The Kier molecular flexibility index (Phi) is 4.36. The summed E-state index contributed by atoms with van der Waals surface area (Å²) < 4.78 is 16.6. The van der Waals surface area contributed by atoms with E-state index in [1.54, 1.807) is 6.07 Å². The highest BCUT2D eigenvalue weighted by molar-refractivity contribution is 6.33. The maximum absolute atomic E-state index is 14.7. The van der Waals surface area contributed by atoms with Crippen molar-refractivity contribution in [3.63, 3.8) is 0 Å². The predicted molar refractivity (Wildman–Crippen MR) is 123 cm³/mol. The van der Waals surface area contributed by atoms with Crippen LogP contribution in [0.5, 0.6) is 0 Å². The van der Waals surface area contributed by atoms with Crippen molar-refractivity contribution in [1.29, 1.82) is 0 Å². The van der Waals surface area contributed by atoms with Crippen LogP contribution in [-0.4, -0.2) is 41.9 Å². The molecule has 10 heteroatoms. The van der Waals surface area contributed by atoms with E-state index in [4.69, 9.17) is 23.1 Å². The third-order valence-corrected chi connectivity index (χ3v) is 7.82. The number of pyridine rings is 1. The van der Waals surface area contributed by atoms with Crippen molar-refractivity contribution in [3.05, 3.63) is 53.2 Å². The van der Waals surface area contributed by atoms with Crippen LogP contribution in [0.15, 0.2) is 36.8 Å². The van der Waals surface area contributed by atoms with Gasteiger partial charge in [0, 0.05) is 17.0 Å². The average Bonchev–Trinajstić information content (AvgIpc) is 3.27. The Balaban J connectivity index is 1.28. The maximum Gasteiger partial charge on any atom is 0.145 e. The number of nitrogens with zero attached hydrogens (tertiary/aromatic N) is 4. The molecule has 2 aliphatic rings. The number of hydrogen-bond donors (Lipinski definition) is 4. The molecule has 0 bridgehead atoms. The molecule has 0 spiro atoms. The van der Waals surface area contributed by atoms with Gasteiger partial charge in [0.15, 0.2) is 0 Å². The topological polar surface area (TPSA) is 136 Å². The first-order valence-electron chi connectivity index (χ1n) is 10.8. The number of aliphatic hydroxyl groups excluding tert-OH is 2. The molecule has 2 fully saturated rings. The number of anilines is 2. The normalized spacial score (nSPS) is 28.5. The molecule has 33 heavy (non-hydrogen) atoms. The Bertz CT molecular complexity index is 1430. The van der Waals surface area contributed by atoms with Gasteiger partial charge in [0.25, 0.3) is 0 Å². The fourth-order valence-electron chi connectivity index (χ4n) is 5.74. The van der Waals surface area contributed by atoms with Crippen LogP contribution in [0.25, 0.3) is 21.9 Å². The van der Waals surface area contributed by atoms with Crippen LogP contribution in [0.1, 0.15) is 24.4 Å². The lowest BCUT2D eigenvalue weighted by Crippen LogP contribution is -2.34. The van der Waals surface area contributed by atoms with Crippen molar-refractivity contribution >= 4 is 45.2 Å². The fraction of sp³-hybridized carbons (Fsp3) is 0.348. The zero-order valence-electron chi connectivity index (χ0n) is 17.5. The molecule has 0 radical (unpaired) electrons. The molecule has 0 saturated heterocycles. The lowest BCUT2D eigenvalue weighted by atomic mass is 9.91. The summed E-state index contributed by atoms with van der Waals surface area (Å²) in [5, 5.41) is 23.2. The van der Waals surface area contributed by atoms with E-state index >= 15 is 0 Å². The Morgan fingerprint density at radius 3 is 2.79 bits per heavy atom. The standard InChI is InChI=1S/C23H22ClFN6O2/c24-14-7-12-15(25)5-10(6-16(12)30-21(14)27)1-3-23-8-13(23)17(18(32)19(23)33)31-4-2-11-20(26)28-9-29-22(11)31/h2,4-7,9,13,17-19,32-33H,1,3,8H2,(H2,27,30)(H2,26,28,29)/t13-,17-,18+,19+,23+/m1/s1. The average molecular weight is 469 g/mol. The van der Waals surface area contributed by atoms with Crippen LogP contribution in [0.4, 0.5) is 16.0 Å². The maximum atomic E-state index is 14.7. The number of nitrogen functional groups attached to an aromatic ring is 2. The highest BCUT2D eigenvalue weighted by atomic mass is 35.5. The second-order valence-corrected chi connectivity index (χ2v) is 9.60. The molecule has 170 valence electrons. The lowest BCUT2D eigenvalue weighted by molar-refractivity contribution is -0.0191. The van der Waals surface area contributed by atoms with E-state index in [0.717, 1.165) is 17.4 Å². The number of benzene rings is 1. The SMILES string of the molecule is Nc1nc2cc(CC[C@]34C[C@@H]3[C@@H](n3ccc5c(N)ncnc53)[C@H](O)[C@@H]4O)cc(F)c2cc1Cl. The van der Waals surface area contributed by atoms with Gasteiger partial charge in [-0.05, 0) is 55.0 Å². The summed E-state index contributed by atoms with van der Waals surface area (Å²) in [5.41, 5.74) is 13.1. The molecule has 8 nitrogen and oxygen atoms in total. The molecule has 3 heterocycles. The lowest BCUT2D eigenvalue weighted by Gasteiger charge is -2.24. The third-order valence-electron chi connectivity index (χ3n) is 7.52. The number of aromatic nitrogens is 4. The molecular formula is C23H22ClFN6O2. The molecule has 2 saturated carbocycles. The highest BCUT2D eigenvalue weighted by Crippen LogP contribution is 2.69. The molecule has 0 amide bonds. The number of hydrogen-bond acceptors (Lipinski definition) is 7. The largest absolute Gasteiger partial charge is 0.390 e. The van der Waals surface area contributed by atoms with E-state index in [1.165, 1.54) is 18.5 Å². The summed E-state index contributed by atoms with van der Waals surface area (Å²) in [6.07, 6.45) is 3.32. The van der Waals surface area contributed by atoms with E-state index in [1.807, 2.05) is 16.8 Å². The van der Waals surface area contributed by atoms with Gasteiger partial charge >= 0.3 is 0 Å². The summed E-state index contributed by atoms with van der Waals surface area (Å²) in [5.74, 6) is 0.194. The van der Waals surface area contributed by atoms with Gasteiger partial charge in [-0.1, -0.05) is 11.6 Å². The first-order valence-corrected chi connectivity index (χ1v) is 11.2. The zero-order chi connectivity index (χ0) is 23.1. The minimum Gasteiger partial charge on any atom is -0.390 e. The zero-order valence-corrected chi connectivity index (χ0v) is 18.2. The van der Waals surface area contributed by atoms with Crippen LogP contribution in [0.3, 0.4) is 0 Å². The van der Waals surface area contributed by atoms with Crippen molar-refractivity contribution in [2.24, 2.45) is 11.3 Å². The second-order valence-electron chi connectivity index (χ2n) is 9.19. The van der Waals surface area contributed by atoms with E-state index in [0.29, 0.717) is 35.2 Å². The van der Waals surface area contributed by atoms with Gasteiger partial charge in [-0.25, -0.2) is 19.3 Å². The summed E-state index contributed by atoms with van der Waals surface area (Å²) in [7, 11) is 0. The van der Waals surface area contributed by atoms with Gasteiger partial charge in [-0.3, -0.25) is 0 Å². The monoisotopic (exact) mass is 468 g/mol. The van der Waals surface area contributed by atoms with Gasteiger partial charge in [-0.15, -0.1) is 0 Å². The summed E-state index contributed by atoms with van der Waals surface area (Å²) >= 11 is 5.98. The smallest absolute Gasteiger partial charge is 0.145 e. The molecule has 3 aromatic heterocycles. The molecule has 0 aliphatic heterocycles. The van der Waals surface area contributed by atoms with Crippen LogP contribution in [0, 0.1) is 17.2 Å². The second kappa shape index (κ2) is 6.99. The summed E-state index contributed by atoms with van der Waals surface area (Å²) in [4.78, 5) is 12.6. The van der Waals surface area contributed by atoms with Crippen molar-refractivity contribution in [1.82, 2.24) is 19.5 Å². The minimum atomic E-state index is -0.938. The van der Waals surface area contributed by atoms with Gasteiger partial charge in [0.05, 0.1) is 28.1 Å². The van der Waals surface area contributed by atoms with Crippen molar-refractivity contribution < 1.29 is 14.6 Å². The Morgan fingerprint density at radius 1 is 1.15 bits per heavy atom. The van der Waals surface area contributed by atoms with E-state index in [9.17, 15) is 14.6 Å². The Morgan fingerprint density at radius 2 is 1.97 bits per heavy atom. The third kappa shape index (κ3) is 2.92. The Labute approximate surface area is 193 Å². The van der Waals surface area contributed by atoms with Crippen molar-refractivity contribution in [2.75, 3.05) is 11.5 Å². The molecule has 4 aromatic rings. The van der Waals surface area contributed by atoms with Crippen LogP contribution in [0.2, 0.25) is 5.02 Å². The number of rotatable bonds is 4. The molecule has 5 atom stereocenters. The fourth-order valence-corrected chi connectivity index (χ4v) is 5.89. The Hall–Kier alpha value is -3.01. The highest BCUT2D eigenvalue weighted by Gasteiger charge is 2.70. The molecular weight excluding hydrogens is 447 g/mol. The number of halogens is 2. The number of nitrogens with two attached hydrogens (primary N) is 2. The summed E-state index contributed by atoms with van der Waals surface area (Å²) in [6, 6.07) is 6.26. The molecule has 2 aliphatic carbocycles. The van der Waals surface area contributed by atoms with E-state index in [2.05, 4.69) is 15.0 Å². The van der Waals surface area contributed by atoms with E-state index in [-0.39, 0.29) is 22.8 Å². The predicted octanol–water partition coefficient (Wildman–Crippen LogP) is 2.85. The van der Waals surface area contributed by atoms with Crippen LogP contribution < -0.4 is 11.5 Å². The molecule has 6 N–H and O–H groups in total. The van der Waals surface area contributed by atoms with Crippen LogP contribution >= 0.6 is 11.6 Å². The van der Waals surface area contributed by atoms with Gasteiger partial charge in [-0.2, -0.15) is 0 Å². The van der Waals surface area contributed by atoms with Crippen molar-refractivity contribution in [3.8, 4) is 0 Å². The van der Waals surface area contributed by atoms with Crippen LogP contribution in [-0.2, 0) is 6.42 Å². The molecule has 0 unspecified atom stereocenters. The van der Waals surface area contributed by atoms with Gasteiger partial charge < -0.3 is 26.2 Å².